The summed E-state index contributed by atoms with van der Waals surface area (Å²) in [5.41, 5.74) is 0. The van der Waals surface area contributed by atoms with Crippen LogP contribution in [0.15, 0.2) is 18.2 Å². The number of unbranched alkanes of at least 4 members (excludes halogenated alkanes) is 1. The van der Waals surface area contributed by atoms with E-state index in [1.165, 1.54) is 12.1 Å². The Morgan fingerprint density at radius 3 is 2.79 bits per heavy atom. The van der Waals surface area contributed by atoms with E-state index in [-0.39, 0.29) is 5.02 Å². The molecule has 0 aliphatic rings. The summed E-state index contributed by atoms with van der Waals surface area (Å²) < 4.78 is 23.8. The molecule has 0 aliphatic carbocycles. The molecule has 0 atom stereocenters. The Hall–Kier alpha value is -0.840. The van der Waals surface area contributed by atoms with Crippen LogP contribution in [-0.2, 0) is 4.74 Å². The first-order chi connectivity index (χ1) is 9.24. The molecular formula is C14H21ClFNO2. The van der Waals surface area contributed by atoms with Crippen molar-refractivity contribution < 1.29 is 13.9 Å². The number of nitrogens with one attached hydrogen (secondary N) is 1. The number of hydrogen-bond donors (Lipinski definition) is 1. The fraction of sp³-hybridized carbons (Fsp3) is 0.571. The zero-order valence-corrected chi connectivity index (χ0v) is 12.0. The number of ether oxygens (including phenoxy) is 2. The molecule has 1 aromatic rings. The molecule has 5 heteroatoms. The van der Waals surface area contributed by atoms with Gasteiger partial charge in [-0.3, -0.25) is 0 Å². The molecule has 0 amide bonds. The molecule has 0 saturated carbocycles. The molecule has 0 heterocycles. The molecule has 0 fully saturated rings. The lowest BCUT2D eigenvalue weighted by Crippen LogP contribution is -2.22. The number of hydrogen-bond acceptors (Lipinski definition) is 3. The number of halogens is 2. The number of rotatable bonds is 10. The maximum atomic E-state index is 13.1. The third-order valence-corrected chi connectivity index (χ3v) is 2.84. The summed E-state index contributed by atoms with van der Waals surface area (Å²) in [4.78, 5) is 0. The van der Waals surface area contributed by atoms with Crippen molar-refractivity contribution in [3.8, 4) is 5.75 Å². The predicted molar refractivity (Wildman–Crippen MR) is 75.5 cm³/mol. The first kappa shape index (κ1) is 16.2. The molecule has 3 nitrogen and oxygen atoms in total. The molecule has 0 aliphatic heterocycles. The summed E-state index contributed by atoms with van der Waals surface area (Å²) >= 11 is 5.58. The van der Waals surface area contributed by atoms with Gasteiger partial charge in [-0.05, 0) is 38.4 Å². The van der Waals surface area contributed by atoms with Gasteiger partial charge in [0.25, 0.3) is 0 Å². The van der Waals surface area contributed by atoms with Crippen molar-refractivity contribution in [3.05, 3.63) is 29.0 Å². The SMILES string of the molecule is CCOCCCCNCCOc1ccc(Cl)c(F)c1. The second-order valence-corrected chi connectivity index (χ2v) is 4.49. The van der Waals surface area contributed by atoms with Crippen molar-refractivity contribution in [2.45, 2.75) is 19.8 Å². The van der Waals surface area contributed by atoms with E-state index in [9.17, 15) is 4.39 Å². The monoisotopic (exact) mass is 289 g/mol. The van der Waals surface area contributed by atoms with E-state index >= 15 is 0 Å². The van der Waals surface area contributed by atoms with Gasteiger partial charge in [-0.15, -0.1) is 0 Å². The molecule has 0 aromatic heterocycles. The highest BCUT2D eigenvalue weighted by Gasteiger charge is 2.01. The van der Waals surface area contributed by atoms with Crippen molar-refractivity contribution in [2.24, 2.45) is 0 Å². The van der Waals surface area contributed by atoms with Crippen LogP contribution in [-0.4, -0.2) is 32.9 Å². The quantitative estimate of drug-likeness (QED) is 0.671. The van der Waals surface area contributed by atoms with Crippen LogP contribution in [0.25, 0.3) is 0 Å². The normalized spacial score (nSPS) is 10.7. The van der Waals surface area contributed by atoms with Crippen LogP contribution in [0.5, 0.6) is 5.75 Å². The van der Waals surface area contributed by atoms with Crippen LogP contribution in [0.2, 0.25) is 5.02 Å². The minimum Gasteiger partial charge on any atom is -0.492 e. The van der Waals surface area contributed by atoms with E-state index in [1.54, 1.807) is 6.07 Å². The van der Waals surface area contributed by atoms with Crippen LogP contribution >= 0.6 is 11.6 Å². The minimum atomic E-state index is -0.456. The Morgan fingerprint density at radius 1 is 1.21 bits per heavy atom. The van der Waals surface area contributed by atoms with Gasteiger partial charge in [0.05, 0.1) is 5.02 Å². The lowest BCUT2D eigenvalue weighted by atomic mass is 10.3. The van der Waals surface area contributed by atoms with Gasteiger partial charge >= 0.3 is 0 Å². The Morgan fingerprint density at radius 2 is 2.05 bits per heavy atom. The summed E-state index contributed by atoms with van der Waals surface area (Å²) in [7, 11) is 0. The fourth-order valence-corrected chi connectivity index (χ4v) is 1.65. The molecule has 0 unspecified atom stereocenters. The molecule has 0 bridgehead atoms. The smallest absolute Gasteiger partial charge is 0.145 e. The second-order valence-electron chi connectivity index (χ2n) is 4.08. The topological polar surface area (TPSA) is 30.5 Å². The highest BCUT2D eigenvalue weighted by Crippen LogP contribution is 2.20. The van der Waals surface area contributed by atoms with E-state index in [2.05, 4.69) is 5.32 Å². The van der Waals surface area contributed by atoms with Gasteiger partial charge in [-0.2, -0.15) is 0 Å². The summed E-state index contributed by atoms with van der Waals surface area (Å²) in [6.45, 7) is 5.77. The Bertz CT molecular complexity index is 363. The van der Waals surface area contributed by atoms with Gasteiger partial charge in [0.1, 0.15) is 18.2 Å². The van der Waals surface area contributed by atoms with Crippen molar-refractivity contribution >= 4 is 11.6 Å². The summed E-state index contributed by atoms with van der Waals surface area (Å²) in [5, 5.41) is 3.37. The van der Waals surface area contributed by atoms with E-state index in [0.717, 1.165) is 39.1 Å². The number of benzene rings is 1. The van der Waals surface area contributed by atoms with E-state index in [0.29, 0.717) is 12.4 Å². The molecule has 19 heavy (non-hydrogen) atoms. The Kier molecular flexibility index (Phi) is 8.54. The Labute approximate surface area is 119 Å². The van der Waals surface area contributed by atoms with Gasteiger partial charge in [0.15, 0.2) is 0 Å². The Balaban J connectivity index is 2.00. The van der Waals surface area contributed by atoms with Crippen molar-refractivity contribution in [2.75, 3.05) is 32.9 Å². The van der Waals surface area contributed by atoms with E-state index in [4.69, 9.17) is 21.1 Å². The first-order valence-corrected chi connectivity index (χ1v) is 6.98. The lowest BCUT2D eigenvalue weighted by Gasteiger charge is -2.08. The van der Waals surface area contributed by atoms with Crippen molar-refractivity contribution in [3.63, 3.8) is 0 Å². The van der Waals surface area contributed by atoms with Crippen LogP contribution in [0, 0.1) is 5.82 Å². The van der Waals surface area contributed by atoms with Gasteiger partial charge in [0, 0.05) is 25.8 Å². The third kappa shape index (κ3) is 7.35. The largest absolute Gasteiger partial charge is 0.492 e. The highest BCUT2D eigenvalue weighted by molar-refractivity contribution is 6.30. The van der Waals surface area contributed by atoms with Crippen molar-refractivity contribution in [1.82, 2.24) is 5.32 Å². The zero-order chi connectivity index (χ0) is 13.9. The van der Waals surface area contributed by atoms with Crippen LogP contribution < -0.4 is 10.1 Å². The molecule has 0 radical (unpaired) electrons. The zero-order valence-electron chi connectivity index (χ0n) is 11.3. The second kappa shape index (κ2) is 10.0. The summed E-state index contributed by atoms with van der Waals surface area (Å²) in [6, 6.07) is 4.45. The third-order valence-electron chi connectivity index (χ3n) is 2.53. The molecule has 1 rings (SSSR count). The molecule has 0 spiro atoms. The van der Waals surface area contributed by atoms with Gasteiger partial charge in [0.2, 0.25) is 0 Å². The average molecular weight is 290 g/mol. The van der Waals surface area contributed by atoms with Crippen LogP contribution in [0.1, 0.15) is 19.8 Å². The fourth-order valence-electron chi connectivity index (χ4n) is 1.53. The highest BCUT2D eigenvalue weighted by atomic mass is 35.5. The van der Waals surface area contributed by atoms with Crippen molar-refractivity contribution in [1.29, 1.82) is 0 Å². The molecular weight excluding hydrogens is 269 g/mol. The van der Waals surface area contributed by atoms with Gasteiger partial charge < -0.3 is 14.8 Å². The molecule has 1 N–H and O–H groups in total. The summed E-state index contributed by atoms with van der Waals surface area (Å²) in [5.74, 6) is 0.0445. The van der Waals surface area contributed by atoms with E-state index < -0.39 is 5.82 Å². The van der Waals surface area contributed by atoms with Gasteiger partial charge in [-0.25, -0.2) is 4.39 Å². The lowest BCUT2D eigenvalue weighted by molar-refractivity contribution is 0.143. The predicted octanol–water partition coefficient (Wildman–Crippen LogP) is 3.26. The van der Waals surface area contributed by atoms with E-state index in [1.807, 2.05) is 6.92 Å². The minimum absolute atomic E-state index is 0.111. The maximum Gasteiger partial charge on any atom is 0.145 e. The van der Waals surface area contributed by atoms with Crippen LogP contribution in [0.4, 0.5) is 4.39 Å². The molecule has 0 saturated heterocycles. The maximum absolute atomic E-state index is 13.1. The average Bonchev–Trinajstić information content (AvgIpc) is 2.41. The summed E-state index contributed by atoms with van der Waals surface area (Å²) in [6.07, 6.45) is 2.14. The standard InChI is InChI=1S/C14H21ClFNO2/c1-2-18-9-4-3-7-17-8-10-19-12-5-6-13(15)14(16)11-12/h5-6,11,17H,2-4,7-10H2,1H3. The molecule has 108 valence electrons. The van der Waals surface area contributed by atoms with Crippen LogP contribution in [0.3, 0.4) is 0 Å². The van der Waals surface area contributed by atoms with Gasteiger partial charge in [-0.1, -0.05) is 11.6 Å². The first-order valence-electron chi connectivity index (χ1n) is 6.60. The molecule has 1 aromatic carbocycles.